The second-order valence-corrected chi connectivity index (χ2v) is 2.24. The van der Waals surface area contributed by atoms with E-state index in [1.807, 2.05) is 0 Å². The second-order valence-electron chi connectivity index (χ2n) is 1.97. The molecule has 0 spiro atoms. The minimum Gasteiger partial charge on any atom is -0.478 e. The van der Waals surface area contributed by atoms with Crippen molar-refractivity contribution in [2.24, 2.45) is 0 Å². The molecule has 0 saturated heterocycles. The first kappa shape index (κ1) is 8.01. The van der Waals surface area contributed by atoms with Gasteiger partial charge in [-0.05, 0) is 11.6 Å². The van der Waals surface area contributed by atoms with Crippen LogP contribution < -0.4 is 0 Å². The predicted molar refractivity (Wildman–Crippen MR) is 40.8 cm³/mol. The van der Waals surface area contributed by atoms with Gasteiger partial charge in [-0.3, -0.25) is 4.98 Å². The van der Waals surface area contributed by atoms with Crippen LogP contribution in [0.15, 0.2) is 18.5 Å². The fourth-order valence-electron chi connectivity index (χ4n) is 0.742. The summed E-state index contributed by atoms with van der Waals surface area (Å²) in [6.07, 6.45) is 2.88. The van der Waals surface area contributed by atoms with Gasteiger partial charge in [-0.2, -0.15) is 0 Å². The Morgan fingerprint density at radius 2 is 2.45 bits per heavy atom. The highest BCUT2D eigenvalue weighted by atomic mass is 35.5. The van der Waals surface area contributed by atoms with Crippen LogP contribution in [-0.4, -0.2) is 16.1 Å². The molecular weight excluding hydrogens is 166 g/mol. The summed E-state index contributed by atoms with van der Waals surface area (Å²) in [5.41, 5.74) is 0.761. The van der Waals surface area contributed by atoms with Crippen molar-refractivity contribution in [3.05, 3.63) is 29.6 Å². The number of nitrogens with zero attached hydrogens (tertiary/aromatic N) is 1. The third-order valence-electron chi connectivity index (χ3n) is 1.28. The lowest BCUT2D eigenvalue weighted by Gasteiger charge is -1.98. The number of halogens is 1. The van der Waals surface area contributed by atoms with Crippen LogP contribution in [0.1, 0.15) is 15.9 Å². The molecule has 0 unspecified atom stereocenters. The first-order valence-corrected chi connectivity index (χ1v) is 3.51. The molecule has 0 aromatic carbocycles. The lowest BCUT2D eigenvalue weighted by atomic mass is 10.2. The SMILES string of the molecule is O=C(O)c1ccncc1CCl. The molecule has 0 aliphatic rings. The number of alkyl halides is 1. The van der Waals surface area contributed by atoms with E-state index in [2.05, 4.69) is 4.98 Å². The molecule has 1 aromatic rings. The maximum atomic E-state index is 10.5. The van der Waals surface area contributed by atoms with Crippen LogP contribution >= 0.6 is 11.6 Å². The van der Waals surface area contributed by atoms with Crippen LogP contribution in [0.3, 0.4) is 0 Å². The van der Waals surface area contributed by atoms with Crippen molar-refractivity contribution in [2.75, 3.05) is 0 Å². The maximum absolute atomic E-state index is 10.5. The number of carbonyl (C=O) groups is 1. The smallest absolute Gasteiger partial charge is 0.336 e. The van der Waals surface area contributed by atoms with Crippen molar-refractivity contribution in [2.45, 2.75) is 5.88 Å². The number of carboxylic acid groups (broad SMARTS) is 1. The summed E-state index contributed by atoms with van der Waals surface area (Å²) in [7, 11) is 0. The van der Waals surface area contributed by atoms with Gasteiger partial charge in [-0.1, -0.05) is 0 Å². The number of hydrogen-bond donors (Lipinski definition) is 1. The number of aromatic nitrogens is 1. The molecule has 11 heavy (non-hydrogen) atoms. The van der Waals surface area contributed by atoms with Crippen LogP contribution in [0.4, 0.5) is 0 Å². The molecule has 0 radical (unpaired) electrons. The third-order valence-corrected chi connectivity index (χ3v) is 1.57. The zero-order chi connectivity index (χ0) is 8.27. The van der Waals surface area contributed by atoms with Gasteiger partial charge in [-0.15, -0.1) is 11.6 Å². The predicted octanol–water partition coefficient (Wildman–Crippen LogP) is 1.52. The summed E-state index contributed by atoms with van der Waals surface area (Å²) >= 11 is 5.47. The number of carboxylic acids is 1. The van der Waals surface area contributed by atoms with E-state index in [4.69, 9.17) is 16.7 Å². The van der Waals surface area contributed by atoms with Crippen LogP contribution in [0.2, 0.25) is 0 Å². The molecule has 0 aliphatic heterocycles. The van der Waals surface area contributed by atoms with Crippen molar-refractivity contribution in [3.63, 3.8) is 0 Å². The Bertz CT molecular complexity index is 275. The van der Waals surface area contributed by atoms with Crippen molar-refractivity contribution < 1.29 is 9.90 Å². The Morgan fingerprint density at radius 3 is 2.91 bits per heavy atom. The van der Waals surface area contributed by atoms with Gasteiger partial charge in [0.2, 0.25) is 0 Å². The molecule has 3 nitrogen and oxygen atoms in total. The summed E-state index contributed by atoms with van der Waals surface area (Å²) in [6.45, 7) is 0. The van der Waals surface area contributed by atoms with Crippen molar-refractivity contribution in [3.8, 4) is 0 Å². The van der Waals surface area contributed by atoms with Crippen molar-refractivity contribution in [1.29, 1.82) is 0 Å². The number of aromatic carboxylic acids is 1. The molecule has 1 aromatic heterocycles. The van der Waals surface area contributed by atoms with Crippen LogP contribution in [0.25, 0.3) is 0 Å². The van der Waals surface area contributed by atoms with Gasteiger partial charge in [-0.25, -0.2) is 4.79 Å². The van der Waals surface area contributed by atoms with E-state index in [1.54, 1.807) is 0 Å². The van der Waals surface area contributed by atoms with Gasteiger partial charge in [0, 0.05) is 18.3 Å². The molecule has 0 saturated carbocycles. The summed E-state index contributed by atoms with van der Waals surface area (Å²) in [5, 5.41) is 8.61. The van der Waals surface area contributed by atoms with Gasteiger partial charge in [0.25, 0.3) is 0 Å². The molecule has 0 atom stereocenters. The first-order valence-electron chi connectivity index (χ1n) is 2.98. The number of rotatable bonds is 2. The van der Waals surface area contributed by atoms with Gasteiger partial charge >= 0.3 is 5.97 Å². The van der Waals surface area contributed by atoms with Gasteiger partial charge in [0.1, 0.15) is 0 Å². The summed E-state index contributed by atoms with van der Waals surface area (Å²) in [4.78, 5) is 14.2. The number of pyridine rings is 1. The molecule has 58 valence electrons. The lowest BCUT2D eigenvalue weighted by molar-refractivity contribution is 0.0696. The van der Waals surface area contributed by atoms with E-state index >= 15 is 0 Å². The molecule has 0 bridgehead atoms. The lowest BCUT2D eigenvalue weighted by Crippen LogP contribution is -2.00. The van der Waals surface area contributed by atoms with E-state index in [-0.39, 0.29) is 11.4 Å². The van der Waals surface area contributed by atoms with E-state index in [0.29, 0.717) is 5.56 Å². The maximum Gasteiger partial charge on any atom is 0.336 e. The monoisotopic (exact) mass is 171 g/mol. The standard InChI is InChI=1S/C7H6ClNO2/c8-3-5-4-9-2-1-6(5)7(10)11/h1-2,4H,3H2,(H,10,11). The zero-order valence-electron chi connectivity index (χ0n) is 5.62. The highest BCUT2D eigenvalue weighted by Gasteiger charge is 2.07. The van der Waals surface area contributed by atoms with Gasteiger partial charge < -0.3 is 5.11 Å². The largest absolute Gasteiger partial charge is 0.478 e. The highest BCUT2D eigenvalue weighted by molar-refractivity contribution is 6.17. The molecule has 1 heterocycles. The minimum atomic E-state index is -0.969. The molecule has 4 heteroatoms. The number of hydrogen-bond acceptors (Lipinski definition) is 2. The van der Waals surface area contributed by atoms with Crippen LogP contribution in [0, 0.1) is 0 Å². The average molecular weight is 172 g/mol. The summed E-state index contributed by atoms with van der Waals surface area (Å²) in [6, 6.07) is 1.43. The third kappa shape index (κ3) is 1.68. The minimum absolute atomic E-state index is 0.176. The van der Waals surface area contributed by atoms with Crippen LogP contribution in [0.5, 0.6) is 0 Å². The summed E-state index contributed by atoms with van der Waals surface area (Å²) < 4.78 is 0. The molecule has 1 N–H and O–H groups in total. The molecule has 1 rings (SSSR count). The molecule has 0 aliphatic carbocycles. The van der Waals surface area contributed by atoms with E-state index < -0.39 is 5.97 Å². The normalized spacial score (nSPS) is 9.55. The van der Waals surface area contributed by atoms with E-state index in [0.717, 1.165) is 0 Å². The highest BCUT2D eigenvalue weighted by Crippen LogP contribution is 2.08. The Balaban J connectivity index is 3.12. The fraction of sp³-hybridized carbons (Fsp3) is 0.143. The first-order chi connectivity index (χ1) is 5.25. The van der Waals surface area contributed by atoms with Crippen LogP contribution in [-0.2, 0) is 5.88 Å². The van der Waals surface area contributed by atoms with E-state index in [9.17, 15) is 4.79 Å². The Labute approximate surface area is 68.6 Å². The van der Waals surface area contributed by atoms with E-state index in [1.165, 1.54) is 18.5 Å². The molecule has 0 amide bonds. The Hall–Kier alpha value is -1.09. The Morgan fingerprint density at radius 1 is 1.73 bits per heavy atom. The zero-order valence-corrected chi connectivity index (χ0v) is 6.38. The quantitative estimate of drug-likeness (QED) is 0.687. The van der Waals surface area contributed by atoms with Crippen molar-refractivity contribution in [1.82, 2.24) is 4.98 Å². The summed E-state index contributed by atoms with van der Waals surface area (Å²) in [5.74, 6) is -0.793. The van der Waals surface area contributed by atoms with Gasteiger partial charge in [0.15, 0.2) is 0 Å². The van der Waals surface area contributed by atoms with Gasteiger partial charge in [0.05, 0.1) is 5.56 Å². The van der Waals surface area contributed by atoms with Crippen molar-refractivity contribution >= 4 is 17.6 Å². The second kappa shape index (κ2) is 3.34. The Kier molecular flexibility index (Phi) is 2.44. The average Bonchev–Trinajstić information content (AvgIpc) is 2.04. The fourth-order valence-corrected chi connectivity index (χ4v) is 0.955. The topological polar surface area (TPSA) is 50.2 Å². The molecule has 0 fully saturated rings. The molecular formula is C7H6ClNO2.